The molecule has 1 aliphatic heterocycles. The molecule has 13 nitrogen and oxygen atoms in total. The number of halogens is 3. The van der Waals surface area contributed by atoms with Crippen molar-refractivity contribution in [2.24, 2.45) is 0 Å². The van der Waals surface area contributed by atoms with Gasteiger partial charge in [0.15, 0.2) is 25.3 Å². The Labute approximate surface area is 303 Å². The highest BCUT2D eigenvalue weighted by Gasteiger charge is 2.62. The third-order valence-electron chi connectivity index (χ3n) is 10.9. The van der Waals surface area contributed by atoms with Crippen LogP contribution in [0.4, 0.5) is 24.7 Å². The number of benzene rings is 1. The second-order valence-corrected chi connectivity index (χ2v) is 26.6. The van der Waals surface area contributed by atoms with Gasteiger partial charge in [-0.05, 0) is 35.3 Å². The first-order chi connectivity index (χ1) is 23.8. The molecular weight excluding hydrogens is 716 g/mol. The van der Waals surface area contributed by atoms with E-state index in [9.17, 15) is 33.2 Å². The Morgan fingerprint density at radius 3 is 2.40 bits per heavy atom. The lowest BCUT2D eigenvalue weighted by molar-refractivity contribution is -0.385. The normalized spacial score (nSPS) is 20.0. The molecule has 4 rings (SSSR count). The summed E-state index contributed by atoms with van der Waals surface area (Å²) in [5.74, 6) is 3.07. The number of nitrogens with zero attached hydrogens (tertiary/aromatic N) is 5. The number of nitro groups is 1. The predicted octanol–water partition coefficient (Wildman–Crippen LogP) is 6.46. The van der Waals surface area contributed by atoms with E-state index in [2.05, 4.69) is 99.8 Å². The molecule has 0 unspecified atom stereocenters. The van der Waals surface area contributed by atoms with Crippen LogP contribution in [0.3, 0.4) is 0 Å². The number of fused-ring (bicyclic) bond motifs is 1. The number of alkyl halides is 3. The van der Waals surface area contributed by atoms with Crippen LogP contribution < -0.4 is 10.6 Å². The number of amides is 1. The summed E-state index contributed by atoms with van der Waals surface area (Å²) < 4.78 is 52.2. The van der Waals surface area contributed by atoms with Gasteiger partial charge >= 0.3 is 12.1 Å². The standard InChI is InChI=1S/C34H48F3N7O6Si2/c1-31(2,3)51(7,8)33(46)17-26(50-25(33)19-49-52(9,10)32(4,5)6)43-21-42-27-28(40-20-41-29(27)43)39-18-23-14-13-22(16-24(23)44(47)48)12-11-15-38-30(45)34(35,36)37/h13-14,16,20-21,25-26,46H,15,17-19H2,1-10H3,(H,38,45)(H,39,40,41)/t25-,26-,33-/m1/s1. The summed E-state index contributed by atoms with van der Waals surface area (Å²) in [7, 11) is -4.63. The van der Waals surface area contributed by atoms with Gasteiger partial charge in [0, 0.05) is 30.2 Å². The highest BCUT2D eigenvalue weighted by molar-refractivity contribution is 6.83. The summed E-state index contributed by atoms with van der Waals surface area (Å²) in [5.41, 5.74) is 1.04. The fourth-order valence-corrected chi connectivity index (χ4v) is 9.54. The van der Waals surface area contributed by atoms with Gasteiger partial charge in [0.05, 0.1) is 37.7 Å². The summed E-state index contributed by atoms with van der Waals surface area (Å²) in [6.07, 6.45) is -2.98. The molecule has 1 amide bonds. The molecule has 52 heavy (non-hydrogen) atoms. The molecular formula is C34H48F3N7O6Si2. The molecule has 2 aromatic heterocycles. The Hall–Kier alpha value is -3.90. The first kappa shape index (κ1) is 40.9. The van der Waals surface area contributed by atoms with Crippen LogP contribution in [-0.4, -0.2) is 82.5 Å². The van der Waals surface area contributed by atoms with Gasteiger partial charge in [-0.2, -0.15) is 13.2 Å². The topological polar surface area (TPSA) is 167 Å². The lowest BCUT2D eigenvalue weighted by atomic mass is 10.1. The number of hydrogen-bond acceptors (Lipinski definition) is 10. The lowest BCUT2D eigenvalue weighted by Crippen LogP contribution is -2.65. The van der Waals surface area contributed by atoms with Gasteiger partial charge in [-0.1, -0.05) is 66.5 Å². The van der Waals surface area contributed by atoms with Gasteiger partial charge < -0.3 is 24.9 Å². The number of nitrogens with one attached hydrogen (secondary N) is 2. The maximum absolute atomic E-state index is 12.6. The van der Waals surface area contributed by atoms with Crippen LogP contribution in [0.2, 0.25) is 36.3 Å². The lowest BCUT2D eigenvalue weighted by Gasteiger charge is -2.49. The largest absolute Gasteiger partial charge is 0.471 e. The minimum Gasteiger partial charge on any atom is -0.414 e. The van der Waals surface area contributed by atoms with E-state index in [1.807, 2.05) is 0 Å². The molecule has 18 heteroatoms. The number of ether oxygens (including phenoxy) is 1. The van der Waals surface area contributed by atoms with Crippen LogP contribution in [0.15, 0.2) is 30.9 Å². The van der Waals surface area contributed by atoms with Crippen molar-refractivity contribution >= 4 is 45.0 Å². The summed E-state index contributed by atoms with van der Waals surface area (Å²) in [5, 5.41) is 27.9. The van der Waals surface area contributed by atoms with Crippen molar-refractivity contribution in [1.82, 2.24) is 24.8 Å². The first-order valence-electron chi connectivity index (χ1n) is 16.8. The maximum atomic E-state index is 12.6. The Morgan fingerprint density at radius 1 is 1.13 bits per heavy atom. The molecule has 284 valence electrons. The Kier molecular flexibility index (Phi) is 11.4. The van der Waals surface area contributed by atoms with Gasteiger partial charge in [-0.25, -0.2) is 15.0 Å². The molecule has 1 aromatic carbocycles. The summed E-state index contributed by atoms with van der Waals surface area (Å²) in [6.45, 7) is 21.3. The number of nitro benzene ring substituents is 1. The zero-order valence-electron chi connectivity index (χ0n) is 31.2. The first-order valence-corrected chi connectivity index (χ1v) is 22.8. The van der Waals surface area contributed by atoms with Crippen molar-refractivity contribution in [3.05, 3.63) is 52.1 Å². The minimum absolute atomic E-state index is 0.0252. The van der Waals surface area contributed by atoms with E-state index in [1.165, 1.54) is 24.5 Å². The van der Waals surface area contributed by atoms with Gasteiger partial charge in [0.1, 0.15) is 18.7 Å². The Morgan fingerprint density at radius 2 is 1.81 bits per heavy atom. The van der Waals surface area contributed by atoms with Crippen LogP contribution in [0, 0.1) is 22.0 Å². The van der Waals surface area contributed by atoms with Crippen molar-refractivity contribution in [2.75, 3.05) is 18.5 Å². The van der Waals surface area contributed by atoms with Crippen molar-refractivity contribution in [3.8, 4) is 11.8 Å². The molecule has 3 heterocycles. The molecule has 0 bridgehead atoms. The minimum atomic E-state index is -5.04. The van der Waals surface area contributed by atoms with Crippen molar-refractivity contribution in [3.63, 3.8) is 0 Å². The average molecular weight is 764 g/mol. The molecule has 0 aliphatic carbocycles. The monoisotopic (exact) mass is 763 g/mol. The Balaban J connectivity index is 1.57. The highest BCUT2D eigenvalue weighted by Crippen LogP contribution is 2.52. The number of rotatable bonds is 10. The van der Waals surface area contributed by atoms with Crippen molar-refractivity contribution in [2.45, 2.75) is 115 Å². The number of anilines is 1. The summed E-state index contributed by atoms with van der Waals surface area (Å²) in [4.78, 5) is 35.6. The zero-order valence-corrected chi connectivity index (χ0v) is 33.2. The van der Waals surface area contributed by atoms with Crippen LogP contribution >= 0.6 is 0 Å². The molecule has 0 saturated carbocycles. The summed E-state index contributed by atoms with van der Waals surface area (Å²) in [6, 6.07) is 4.16. The average Bonchev–Trinajstić information content (AvgIpc) is 3.61. The quantitative estimate of drug-likeness (QED) is 0.0903. The van der Waals surface area contributed by atoms with Gasteiger partial charge in [0.25, 0.3) is 5.69 Å². The van der Waals surface area contributed by atoms with Gasteiger partial charge in [-0.3, -0.25) is 19.5 Å². The third-order valence-corrected chi connectivity index (χ3v) is 21.9. The predicted molar refractivity (Wildman–Crippen MR) is 196 cm³/mol. The third kappa shape index (κ3) is 8.33. The molecule has 1 fully saturated rings. The fraction of sp³-hybridized carbons (Fsp3) is 0.588. The van der Waals surface area contributed by atoms with E-state index in [-0.39, 0.29) is 40.0 Å². The van der Waals surface area contributed by atoms with Crippen molar-refractivity contribution in [1.29, 1.82) is 0 Å². The van der Waals surface area contributed by atoms with Crippen LogP contribution in [-0.2, 0) is 20.5 Å². The maximum Gasteiger partial charge on any atom is 0.471 e. The van der Waals surface area contributed by atoms with E-state index in [0.29, 0.717) is 23.4 Å². The van der Waals surface area contributed by atoms with E-state index in [1.54, 1.807) is 16.2 Å². The fourth-order valence-electron chi connectivity index (χ4n) is 5.60. The number of aliphatic hydroxyl groups is 1. The Bertz CT molecular complexity index is 1880. The molecule has 3 N–H and O–H groups in total. The van der Waals surface area contributed by atoms with Gasteiger partial charge in [0.2, 0.25) is 0 Å². The van der Waals surface area contributed by atoms with E-state index in [4.69, 9.17) is 9.16 Å². The zero-order chi connectivity index (χ0) is 39.1. The van der Waals surface area contributed by atoms with Crippen LogP contribution in [0.5, 0.6) is 0 Å². The second kappa shape index (κ2) is 14.5. The molecule has 1 aliphatic rings. The van der Waals surface area contributed by atoms with Crippen molar-refractivity contribution < 1.29 is 37.2 Å². The van der Waals surface area contributed by atoms with E-state index in [0.717, 1.165) is 0 Å². The molecule has 0 radical (unpaired) electrons. The molecule has 3 atom stereocenters. The number of carbonyl (C=O) groups excluding carboxylic acids is 1. The SMILES string of the molecule is CC(C)(C)[Si](C)(C)OC[C@H]1O[C@@H](n2cnc3c(NCc4ccc(C#CCNC(=O)C(F)(F)F)cc4[N+](=O)[O-])ncnc32)C[C@@]1(O)[Si](C)(C)C(C)(C)C. The number of hydrogen-bond donors (Lipinski definition) is 3. The molecule has 1 saturated heterocycles. The second-order valence-electron chi connectivity index (χ2n) is 16.1. The molecule has 3 aromatic rings. The number of imidazole rings is 1. The van der Waals surface area contributed by atoms with E-state index >= 15 is 0 Å². The number of aromatic nitrogens is 4. The smallest absolute Gasteiger partial charge is 0.414 e. The van der Waals surface area contributed by atoms with E-state index < -0.39 is 57.5 Å². The molecule has 0 spiro atoms. The summed E-state index contributed by atoms with van der Waals surface area (Å²) >= 11 is 0. The highest BCUT2D eigenvalue weighted by atomic mass is 28.4. The number of carbonyl (C=O) groups is 1. The van der Waals surface area contributed by atoms with Crippen LogP contribution in [0.1, 0.15) is 65.3 Å². The van der Waals surface area contributed by atoms with Crippen LogP contribution in [0.25, 0.3) is 11.2 Å². The van der Waals surface area contributed by atoms with Gasteiger partial charge in [-0.15, -0.1) is 0 Å².